The fraction of sp³-hybridized carbons (Fsp3) is 0.917. The van der Waals surface area contributed by atoms with Crippen LogP contribution in [-0.2, 0) is 4.79 Å². The lowest BCUT2D eigenvalue weighted by Crippen LogP contribution is -2.49. The highest BCUT2D eigenvalue weighted by Crippen LogP contribution is 2.12. The third kappa shape index (κ3) is 6.80. The predicted octanol–water partition coefficient (Wildman–Crippen LogP) is 1.02. The monoisotopic (exact) mass is 232 g/mol. The van der Waals surface area contributed by atoms with Crippen molar-refractivity contribution in [1.82, 2.24) is 0 Å². The van der Waals surface area contributed by atoms with Crippen molar-refractivity contribution in [3.05, 3.63) is 0 Å². The number of carbonyl (C=O) groups is 1. The van der Waals surface area contributed by atoms with Gasteiger partial charge < -0.3 is 14.1 Å². The standard InChI is InChI=1S/C12H27N2O2/c1-13(2,3)10-8-7-9-11(12(15)16)14(4,5)6/h11H,7-10H2,1-6H3/q+1/p+1. The largest absolute Gasteiger partial charge is 0.477 e. The molecule has 1 unspecified atom stereocenters. The van der Waals surface area contributed by atoms with Gasteiger partial charge >= 0.3 is 5.97 Å². The Morgan fingerprint density at radius 1 is 1.06 bits per heavy atom. The second-order valence-corrected chi connectivity index (χ2v) is 6.48. The van der Waals surface area contributed by atoms with Crippen LogP contribution >= 0.6 is 0 Å². The van der Waals surface area contributed by atoms with Gasteiger partial charge in [0.25, 0.3) is 0 Å². The number of hydrogen-bond donors (Lipinski definition) is 1. The first-order valence-corrected chi connectivity index (χ1v) is 5.88. The first-order chi connectivity index (χ1) is 7.04. The minimum atomic E-state index is -0.683. The number of aliphatic carboxylic acids is 1. The van der Waals surface area contributed by atoms with E-state index in [1.165, 1.54) is 0 Å². The van der Waals surface area contributed by atoms with Crippen molar-refractivity contribution in [1.29, 1.82) is 0 Å². The summed E-state index contributed by atoms with van der Waals surface area (Å²) in [5.41, 5.74) is 0. The van der Waals surface area contributed by atoms with Crippen LogP contribution in [0.2, 0.25) is 0 Å². The molecule has 0 saturated carbocycles. The van der Waals surface area contributed by atoms with Crippen LogP contribution < -0.4 is 0 Å². The van der Waals surface area contributed by atoms with Crippen molar-refractivity contribution in [3.8, 4) is 0 Å². The molecule has 16 heavy (non-hydrogen) atoms. The Bertz CT molecular complexity index is 226. The fourth-order valence-electron chi connectivity index (χ4n) is 1.77. The second kappa shape index (κ2) is 5.64. The fourth-order valence-corrected chi connectivity index (χ4v) is 1.77. The van der Waals surface area contributed by atoms with Crippen LogP contribution in [0.15, 0.2) is 0 Å². The van der Waals surface area contributed by atoms with Crippen LogP contribution in [0.1, 0.15) is 19.3 Å². The Balaban J connectivity index is 4.02. The zero-order valence-corrected chi connectivity index (χ0v) is 11.7. The van der Waals surface area contributed by atoms with Gasteiger partial charge in [-0.1, -0.05) is 0 Å². The molecule has 0 aliphatic carbocycles. The molecule has 0 amide bonds. The van der Waals surface area contributed by atoms with E-state index >= 15 is 0 Å². The zero-order valence-electron chi connectivity index (χ0n) is 11.7. The Morgan fingerprint density at radius 2 is 1.56 bits per heavy atom. The van der Waals surface area contributed by atoms with Gasteiger partial charge in [-0.3, -0.25) is 0 Å². The molecule has 0 aromatic carbocycles. The van der Waals surface area contributed by atoms with Crippen LogP contribution in [0, 0.1) is 0 Å². The van der Waals surface area contributed by atoms with Crippen molar-refractivity contribution < 1.29 is 18.9 Å². The molecule has 0 saturated heterocycles. The Labute approximate surface area is 99.6 Å². The van der Waals surface area contributed by atoms with Gasteiger partial charge in [0.15, 0.2) is 6.04 Å². The van der Waals surface area contributed by atoms with Crippen molar-refractivity contribution in [2.24, 2.45) is 0 Å². The number of quaternary nitrogens is 2. The molecule has 96 valence electrons. The number of hydrogen-bond acceptors (Lipinski definition) is 1. The number of carboxylic acid groups (broad SMARTS) is 1. The lowest BCUT2D eigenvalue weighted by Gasteiger charge is -2.31. The predicted molar refractivity (Wildman–Crippen MR) is 66.2 cm³/mol. The van der Waals surface area contributed by atoms with Crippen molar-refractivity contribution >= 4 is 5.97 Å². The summed E-state index contributed by atoms with van der Waals surface area (Å²) in [6.07, 6.45) is 2.84. The van der Waals surface area contributed by atoms with Crippen molar-refractivity contribution in [3.63, 3.8) is 0 Å². The van der Waals surface area contributed by atoms with Gasteiger partial charge in [-0.2, -0.15) is 0 Å². The second-order valence-electron chi connectivity index (χ2n) is 6.48. The molecule has 0 spiro atoms. The number of rotatable bonds is 7. The third-order valence-corrected chi connectivity index (χ3v) is 2.78. The Morgan fingerprint density at radius 3 is 1.88 bits per heavy atom. The topological polar surface area (TPSA) is 37.3 Å². The molecule has 0 aliphatic rings. The average Bonchev–Trinajstić information content (AvgIpc) is 1.97. The van der Waals surface area contributed by atoms with Gasteiger partial charge in [0.05, 0.1) is 48.8 Å². The number of carboxylic acids is 1. The minimum Gasteiger partial charge on any atom is -0.477 e. The molecule has 0 rings (SSSR count). The van der Waals surface area contributed by atoms with Crippen LogP contribution in [0.3, 0.4) is 0 Å². The Hall–Kier alpha value is -0.610. The highest BCUT2D eigenvalue weighted by atomic mass is 16.4. The molecular formula is C12H28N2O2+2. The van der Waals surface area contributed by atoms with Crippen LogP contribution in [0.4, 0.5) is 0 Å². The highest BCUT2D eigenvalue weighted by Gasteiger charge is 2.30. The number of nitrogens with zero attached hydrogens (tertiary/aromatic N) is 2. The number of unbranched alkanes of at least 4 members (excludes halogenated alkanes) is 1. The molecule has 0 aliphatic heterocycles. The van der Waals surface area contributed by atoms with E-state index in [-0.39, 0.29) is 6.04 Å². The van der Waals surface area contributed by atoms with E-state index in [2.05, 4.69) is 21.1 Å². The summed E-state index contributed by atoms with van der Waals surface area (Å²) in [7, 11) is 12.3. The Kier molecular flexibility index (Phi) is 5.42. The summed E-state index contributed by atoms with van der Waals surface area (Å²) in [5, 5.41) is 9.15. The first-order valence-electron chi connectivity index (χ1n) is 5.88. The van der Waals surface area contributed by atoms with Gasteiger partial charge in [-0.15, -0.1) is 0 Å². The molecule has 0 heterocycles. The first kappa shape index (κ1) is 15.4. The van der Waals surface area contributed by atoms with Gasteiger partial charge in [-0.25, -0.2) is 4.79 Å². The molecule has 0 aromatic heterocycles. The summed E-state index contributed by atoms with van der Waals surface area (Å²) in [4.78, 5) is 11.1. The lowest BCUT2D eigenvalue weighted by molar-refractivity contribution is -0.887. The third-order valence-electron chi connectivity index (χ3n) is 2.78. The number of likely N-dealkylation sites (N-methyl/N-ethyl adjacent to an activating group) is 1. The molecule has 0 fully saturated rings. The quantitative estimate of drug-likeness (QED) is 0.526. The van der Waals surface area contributed by atoms with Crippen LogP contribution in [-0.4, -0.2) is 74.9 Å². The minimum absolute atomic E-state index is 0.285. The van der Waals surface area contributed by atoms with Gasteiger partial charge in [0, 0.05) is 6.42 Å². The van der Waals surface area contributed by atoms with E-state index in [4.69, 9.17) is 5.11 Å². The molecule has 4 nitrogen and oxygen atoms in total. The SMILES string of the molecule is C[N+](C)(C)CCCCC(C(=O)O)[N+](C)(C)C. The zero-order chi connectivity index (χ0) is 13.0. The van der Waals surface area contributed by atoms with Gasteiger partial charge in [0.1, 0.15) is 0 Å². The van der Waals surface area contributed by atoms with E-state index in [1.54, 1.807) is 0 Å². The molecule has 0 radical (unpaired) electrons. The average molecular weight is 232 g/mol. The highest BCUT2D eigenvalue weighted by molar-refractivity contribution is 5.72. The van der Waals surface area contributed by atoms with Crippen molar-refractivity contribution in [2.75, 3.05) is 48.8 Å². The maximum Gasteiger partial charge on any atom is 0.362 e. The van der Waals surface area contributed by atoms with E-state index in [1.807, 2.05) is 21.1 Å². The van der Waals surface area contributed by atoms with Gasteiger partial charge in [-0.05, 0) is 12.8 Å². The summed E-state index contributed by atoms with van der Waals surface area (Å²) in [6, 6.07) is -0.285. The van der Waals surface area contributed by atoms with E-state index in [0.29, 0.717) is 4.48 Å². The summed E-state index contributed by atoms with van der Waals surface area (Å²) >= 11 is 0. The summed E-state index contributed by atoms with van der Waals surface area (Å²) in [6.45, 7) is 1.10. The normalized spacial score (nSPS) is 14.9. The smallest absolute Gasteiger partial charge is 0.362 e. The van der Waals surface area contributed by atoms with E-state index < -0.39 is 5.97 Å². The maximum atomic E-state index is 11.1. The van der Waals surface area contributed by atoms with Crippen LogP contribution in [0.25, 0.3) is 0 Å². The van der Waals surface area contributed by atoms with E-state index in [0.717, 1.165) is 30.3 Å². The summed E-state index contributed by atoms with van der Waals surface area (Å²) in [5.74, 6) is -0.683. The summed E-state index contributed by atoms with van der Waals surface area (Å²) < 4.78 is 1.45. The van der Waals surface area contributed by atoms with Gasteiger partial charge in [0.2, 0.25) is 0 Å². The van der Waals surface area contributed by atoms with E-state index in [9.17, 15) is 4.79 Å². The molecule has 1 atom stereocenters. The van der Waals surface area contributed by atoms with Crippen molar-refractivity contribution in [2.45, 2.75) is 25.3 Å². The molecule has 1 N–H and O–H groups in total. The molecule has 0 aromatic rings. The molecule has 0 bridgehead atoms. The van der Waals surface area contributed by atoms with Crippen LogP contribution in [0.5, 0.6) is 0 Å². The lowest BCUT2D eigenvalue weighted by atomic mass is 10.1. The maximum absolute atomic E-state index is 11.1. The molecule has 4 heteroatoms. The molecular weight excluding hydrogens is 204 g/mol.